The smallest absolute Gasteiger partial charge is 0.269 e. The van der Waals surface area contributed by atoms with Gasteiger partial charge in [0.25, 0.3) is 5.56 Å². The Morgan fingerprint density at radius 1 is 1.23 bits per heavy atom. The maximum absolute atomic E-state index is 12.4. The first-order chi connectivity index (χ1) is 14.6. The van der Waals surface area contributed by atoms with Crippen molar-refractivity contribution in [2.24, 2.45) is 13.0 Å². The van der Waals surface area contributed by atoms with Crippen molar-refractivity contribution in [3.05, 3.63) is 61.1 Å². The van der Waals surface area contributed by atoms with Crippen molar-refractivity contribution < 1.29 is 4.74 Å². The Hall–Kier alpha value is -2.61. The van der Waals surface area contributed by atoms with E-state index in [-0.39, 0.29) is 5.56 Å². The van der Waals surface area contributed by atoms with Crippen LogP contribution in [0.2, 0.25) is 0 Å². The molecule has 2 aliphatic carbocycles. The molecule has 1 fully saturated rings. The van der Waals surface area contributed by atoms with Gasteiger partial charge in [0.05, 0.1) is 6.61 Å². The molecule has 0 bridgehead atoms. The molecule has 7 nitrogen and oxygen atoms in total. The number of rotatable bonds is 7. The van der Waals surface area contributed by atoms with Gasteiger partial charge in [-0.15, -0.1) is 26.6 Å². The summed E-state index contributed by atoms with van der Waals surface area (Å²) in [6.07, 6.45) is 5.89. The molecular weight excluding hydrogens is 398 g/mol. The van der Waals surface area contributed by atoms with Crippen LogP contribution in [0.5, 0.6) is 5.88 Å². The van der Waals surface area contributed by atoms with Crippen molar-refractivity contribution in [2.45, 2.75) is 51.4 Å². The molecule has 30 heavy (non-hydrogen) atoms. The molecule has 0 amide bonds. The Morgan fingerprint density at radius 3 is 2.97 bits per heavy atom. The van der Waals surface area contributed by atoms with Gasteiger partial charge in [-0.05, 0) is 50.7 Å². The molecule has 156 valence electrons. The molecule has 2 aliphatic rings. The largest absolute Gasteiger partial charge is 0.476 e. The lowest BCUT2D eigenvalue weighted by atomic mass is 10.1. The third-order valence-corrected chi connectivity index (χ3v) is 6.89. The summed E-state index contributed by atoms with van der Waals surface area (Å²) >= 11 is 1.57. The summed E-state index contributed by atoms with van der Waals surface area (Å²) in [6, 6.07) is 6.22. The normalized spacial score (nSPS) is 19.7. The first-order valence-corrected chi connectivity index (χ1v) is 11.4. The minimum absolute atomic E-state index is 0.0878. The van der Waals surface area contributed by atoms with Gasteiger partial charge in [-0.1, -0.05) is 6.07 Å². The zero-order chi connectivity index (χ0) is 20.7. The number of ether oxygens (including phenoxy) is 1. The van der Waals surface area contributed by atoms with E-state index >= 15 is 0 Å². The van der Waals surface area contributed by atoms with Gasteiger partial charge in [0.1, 0.15) is 10.0 Å². The Labute approximate surface area is 179 Å². The van der Waals surface area contributed by atoms with Crippen LogP contribution in [0.4, 0.5) is 0 Å². The molecule has 8 heteroatoms. The van der Waals surface area contributed by atoms with E-state index in [9.17, 15) is 4.79 Å². The molecule has 1 saturated carbocycles. The van der Waals surface area contributed by atoms with E-state index in [1.165, 1.54) is 34.5 Å². The van der Waals surface area contributed by atoms with Crippen LogP contribution >= 0.6 is 11.3 Å². The van der Waals surface area contributed by atoms with Gasteiger partial charge < -0.3 is 4.74 Å². The van der Waals surface area contributed by atoms with Crippen LogP contribution in [0.3, 0.4) is 0 Å². The van der Waals surface area contributed by atoms with Gasteiger partial charge >= 0.3 is 0 Å². The topological polar surface area (TPSA) is 82.8 Å². The quantitative estimate of drug-likeness (QED) is 0.581. The summed E-state index contributed by atoms with van der Waals surface area (Å²) < 4.78 is 7.35. The van der Waals surface area contributed by atoms with Crippen LogP contribution in [0.25, 0.3) is 0 Å². The zero-order valence-electron chi connectivity index (χ0n) is 17.3. The average Bonchev–Trinajstić information content (AvgIpc) is 3.14. The summed E-state index contributed by atoms with van der Waals surface area (Å²) in [5.41, 5.74) is 4.51. The molecule has 0 unspecified atom stereocenters. The van der Waals surface area contributed by atoms with Crippen molar-refractivity contribution in [1.82, 2.24) is 25.0 Å². The summed E-state index contributed by atoms with van der Waals surface area (Å²) in [4.78, 5) is 17.3. The van der Waals surface area contributed by atoms with E-state index in [4.69, 9.17) is 9.72 Å². The molecule has 0 spiro atoms. The highest BCUT2D eigenvalue weighted by atomic mass is 32.1. The van der Waals surface area contributed by atoms with Crippen LogP contribution in [-0.4, -0.2) is 31.6 Å². The maximum atomic E-state index is 12.4. The molecular formula is C22H25N5O2S. The second-order valence-electron chi connectivity index (χ2n) is 8.26. The van der Waals surface area contributed by atoms with E-state index in [0.717, 1.165) is 22.9 Å². The van der Waals surface area contributed by atoms with Gasteiger partial charge in [-0.2, -0.15) is 0 Å². The second kappa shape index (κ2) is 7.91. The standard InChI is InChI=1S/C22H25N5O2S/c1-13-24-25-21(30-13)9-7-15-11-20(26-27(2)22(15)28)29-12-16-10-17(16)19-8-6-14-4-3-5-18(14)23-19/h6,8,11,16-17H,3-5,7,9-10,12H2,1-2H3/t16-,17+/m1/s1. The fraction of sp³-hybridized carbons (Fsp3) is 0.500. The predicted octanol–water partition coefficient (Wildman–Crippen LogP) is 2.79. The Morgan fingerprint density at radius 2 is 2.13 bits per heavy atom. The van der Waals surface area contributed by atoms with E-state index in [1.54, 1.807) is 24.5 Å². The summed E-state index contributed by atoms with van der Waals surface area (Å²) in [6.45, 7) is 2.53. The molecule has 0 radical (unpaired) electrons. The van der Waals surface area contributed by atoms with Crippen LogP contribution in [0, 0.1) is 12.8 Å². The van der Waals surface area contributed by atoms with Crippen LogP contribution in [-0.2, 0) is 32.7 Å². The first-order valence-electron chi connectivity index (χ1n) is 10.5. The molecule has 0 aromatic carbocycles. The molecule has 5 rings (SSSR count). The molecule has 0 N–H and O–H groups in total. The van der Waals surface area contributed by atoms with Gasteiger partial charge in [0.2, 0.25) is 5.88 Å². The highest BCUT2D eigenvalue weighted by Gasteiger charge is 2.40. The number of nitrogens with zero attached hydrogens (tertiary/aromatic N) is 5. The maximum Gasteiger partial charge on any atom is 0.269 e. The number of aromatic nitrogens is 5. The fourth-order valence-corrected chi connectivity index (χ4v) is 4.91. The van der Waals surface area contributed by atoms with Gasteiger partial charge in [-0.3, -0.25) is 9.78 Å². The monoisotopic (exact) mass is 423 g/mol. The van der Waals surface area contributed by atoms with Crippen molar-refractivity contribution >= 4 is 11.3 Å². The molecule has 3 aromatic heterocycles. The molecule has 0 saturated heterocycles. The zero-order valence-corrected chi connectivity index (χ0v) is 18.1. The highest BCUT2D eigenvalue weighted by molar-refractivity contribution is 7.11. The summed E-state index contributed by atoms with van der Waals surface area (Å²) in [7, 11) is 1.67. The number of hydrogen-bond acceptors (Lipinski definition) is 7. The van der Waals surface area contributed by atoms with E-state index in [1.807, 2.05) is 6.92 Å². The number of fused-ring (bicyclic) bond motifs is 1. The number of pyridine rings is 1. The Bertz CT molecular complexity index is 1140. The minimum atomic E-state index is -0.0878. The number of aryl methyl sites for hydroxylation is 6. The lowest BCUT2D eigenvalue weighted by molar-refractivity contribution is 0.277. The number of hydrogen-bond donors (Lipinski definition) is 0. The fourth-order valence-electron chi connectivity index (χ4n) is 4.20. The Balaban J connectivity index is 1.21. The van der Waals surface area contributed by atoms with Crippen LogP contribution < -0.4 is 10.3 Å². The van der Waals surface area contributed by atoms with E-state index in [2.05, 4.69) is 27.4 Å². The molecule has 3 heterocycles. The summed E-state index contributed by atoms with van der Waals surface area (Å²) in [5.74, 6) is 1.44. The lowest BCUT2D eigenvalue weighted by Crippen LogP contribution is -2.24. The second-order valence-corrected chi connectivity index (χ2v) is 9.53. The Kier molecular flexibility index (Phi) is 5.10. The van der Waals surface area contributed by atoms with Crippen LogP contribution in [0.15, 0.2) is 23.0 Å². The van der Waals surface area contributed by atoms with E-state index < -0.39 is 0 Å². The lowest BCUT2D eigenvalue weighted by Gasteiger charge is -2.09. The first kappa shape index (κ1) is 19.4. The molecule has 3 aromatic rings. The molecule has 0 aliphatic heterocycles. The third-order valence-electron chi connectivity index (χ3n) is 5.99. The van der Waals surface area contributed by atoms with Crippen molar-refractivity contribution in [1.29, 1.82) is 0 Å². The van der Waals surface area contributed by atoms with Crippen LogP contribution in [0.1, 0.15) is 51.3 Å². The van der Waals surface area contributed by atoms with Gasteiger partial charge in [0.15, 0.2) is 0 Å². The van der Waals surface area contributed by atoms with Crippen molar-refractivity contribution in [2.75, 3.05) is 6.61 Å². The highest BCUT2D eigenvalue weighted by Crippen LogP contribution is 2.47. The SMILES string of the molecule is Cc1nnc(CCc2cc(OC[C@H]3C[C@@H]3c3ccc4c(n3)CCC4)nn(C)c2=O)s1. The van der Waals surface area contributed by atoms with Gasteiger partial charge in [0, 0.05) is 48.3 Å². The van der Waals surface area contributed by atoms with Crippen molar-refractivity contribution in [3.8, 4) is 5.88 Å². The van der Waals surface area contributed by atoms with Crippen molar-refractivity contribution in [3.63, 3.8) is 0 Å². The minimum Gasteiger partial charge on any atom is -0.476 e. The van der Waals surface area contributed by atoms with Gasteiger partial charge in [-0.25, -0.2) is 4.68 Å². The third kappa shape index (κ3) is 4.01. The van der Waals surface area contributed by atoms with E-state index in [0.29, 0.717) is 42.7 Å². The summed E-state index contributed by atoms with van der Waals surface area (Å²) in [5, 5.41) is 14.3. The molecule has 2 atom stereocenters. The predicted molar refractivity (Wildman–Crippen MR) is 114 cm³/mol. The average molecular weight is 424 g/mol.